The molecular formula is C24H28ClN3O3. The quantitative estimate of drug-likeness (QED) is 0.652. The summed E-state index contributed by atoms with van der Waals surface area (Å²) in [6, 6.07) is 12.1. The summed E-state index contributed by atoms with van der Waals surface area (Å²) < 4.78 is 6.96. The molecule has 31 heavy (non-hydrogen) atoms. The van der Waals surface area contributed by atoms with E-state index in [0.717, 1.165) is 37.1 Å². The van der Waals surface area contributed by atoms with Gasteiger partial charge in [-0.05, 0) is 67.5 Å². The molecule has 1 aromatic heterocycles. The van der Waals surface area contributed by atoms with Crippen LogP contribution < -0.4 is 21.3 Å². The van der Waals surface area contributed by atoms with Crippen LogP contribution in [0.1, 0.15) is 35.4 Å². The Labute approximate surface area is 187 Å². The number of ether oxygens (including phenoxy) is 1. The summed E-state index contributed by atoms with van der Waals surface area (Å²) in [6.07, 6.45) is 2.91. The number of hydrogen-bond acceptors (Lipinski definition) is 4. The number of fused-ring (bicyclic) bond motifs is 4. The van der Waals surface area contributed by atoms with E-state index in [2.05, 4.69) is 22.4 Å². The molecule has 0 bridgehead atoms. The monoisotopic (exact) mass is 441 g/mol. The molecule has 2 heterocycles. The average molecular weight is 442 g/mol. The molecule has 5 rings (SSSR count). The SMILES string of the molecule is COc1cccc2c1CC[C@H]1CNC(CCn3c(=O)[nH]c4cccc(C)c4c3=O)[C@@H]21.Cl. The molecule has 0 saturated carbocycles. The van der Waals surface area contributed by atoms with E-state index in [4.69, 9.17) is 4.74 Å². The van der Waals surface area contributed by atoms with Gasteiger partial charge in [-0.25, -0.2) is 4.79 Å². The molecule has 3 atom stereocenters. The molecule has 1 aliphatic heterocycles. The van der Waals surface area contributed by atoms with Crippen LogP contribution in [-0.2, 0) is 13.0 Å². The molecule has 2 N–H and O–H groups in total. The Hall–Kier alpha value is -2.57. The standard InChI is InChI=1S/C24H27N3O3.ClH/c1-14-5-3-7-19-21(14)23(28)27(24(29)26-19)12-11-18-22-15(13-25-18)9-10-16-17(22)6-4-8-20(16)30-2;/h3-8,15,18,22,25H,9-13H2,1-2H3,(H,26,29);1H/t15-,18?,22+;/m0./s1. The maximum atomic E-state index is 13.0. The number of nitrogens with zero attached hydrogens (tertiary/aromatic N) is 1. The number of halogens is 1. The summed E-state index contributed by atoms with van der Waals surface area (Å²) in [6.45, 7) is 3.29. The fourth-order valence-corrected chi connectivity index (χ4v) is 5.54. The van der Waals surface area contributed by atoms with Crippen LogP contribution in [0, 0.1) is 12.8 Å². The van der Waals surface area contributed by atoms with E-state index in [1.807, 2.05) is 25.1 Å². The second-order valence-electron chi connectivity index (χ2n) is 8.54. The van der Waals surface area contributed by atoms with Gasteiger partial charge in [-0.3, -0.25) is 9.36 Å². The molecule has 1 aliphatic carbocycles. The summed E-state index contributed by atoms with van der Waals surface area (Å²) in [4.78, 5) is 28.5. The fraction of sp³-hybridized carbons (Fsp3) is 0.417. The largest absolute Gasteiger partial charge is 0.496 e. The van der Waals surface area contributed by atoms with Crippen LogP contribution in [0.3, 0.4) is 0 Å². The third-order valence-electron chi connectivity index (χ3n) is 6.98. The van der Waals surface area contributed by atoms with Crippen molar-refractivity contribution >= 4 is 23.3 Å². The van der Waals surface area contributed by atoms with Crippen molar-refractivity contribution in [1.82, 2.24) is 14.9 Å². The zero-order chi connectivity index (χ0) is 20.8. The highest BCUT2D eigenvalue weighted by Crippen LogP contribution is 2.45. The number of nitrogens with one attached hydrogen (secondary N) is 2. The lowest BCUT2D eigenvalue weighted by molar-refractivity contribution is 0.371. The Morgan fingerprint density at radius 3 is 2.77 bits per heavy atom. The highest BCUT2D eigenvalue weighted by Gasteiger charge is 2.40. The minimum absolute atomic E-state index is 0. The Morgan fingerprint density at radius 1 is 1.16 bits per heavy atom. The lowest BCUT2D eigenvalue weighted by Gasteiger charge is -2.32. The third-order valence-corrected chi connectivity index (χ3v) is 6.98. The summed E-state index contributed by atoms with van der Waals surface area (Å²) in [7, 11) is 1.73. The number of aromatic amines is 1. The van der Waals surface area contributed by atoms with Gasteiger partial charge in [0, 0.05) is 18.5 Å². The molecule has 2 aromatic carbocycles. The van der Waals surface area contributed by atoms with E-state index in [1.165, 1.54) is 15.7 Å². The number of H-pyrrole nitrogens is 1. The van der Waals surface area contributed by atoms with Crippen LogP contribution in [0.4, 0.5) is 0 Å². The van der Waals surface area contributed by atoms with Gasteiger partial charge in [0.2, 0.25) is 0 Å². The van der Waals surface area contributed by atoms with Crippen molar-refractivity contribution in [3.8, 4) is 5.75 Å². The second-order valence-corrected chi connectivity index (χ2v) is 8.54. The van der Waals surface area contributed by atoms with Crippen molar-refractivity contribution in [3.63, 3.8) is 0 Å². The zero-order valence-electron chi connectivity index (χ0n) is 17.8. The number of aryl methyl sites for hydroxylation is 1. The van der Waals surface area contributed by atoms with Gasteiger partial charge in [-0.15, -0.1) is 12.4 Å². The van der Waals surface area contributed by atoms with Crippen LogP contribution in [0.5, 0.6) is 5.75 Å². The maximum Gasteiger partial charge on any atom is 0.328 e. The summed E-state index contributed by atoms with van der Waals surface area (Å²) in [5.41, 5.74) is 3.62. The van der Waals surface area contributed by atoms with Crippen molar-refractivity contribution in [2.24, 2.45) is 5.92 Å². The summed E-state index contributed by atoms with van der Waals surface area (Å²) in [5.74, 6) is 1.94. The van der Waals surface area contributed by atoms with E-state index >= 15 is 0 Å². The number of methoxy groups -OCH3 is 1. The fourth-order valence-electron chi connectivity index (χ4n) is 5.54. The number of rotatable bonds is 4. The van der Waals surface area contributed by atoms with Crippen LogP contribution in [-0.4, -0.2) is 29.2 Å². The highest BCUT2D eigenvalue weighted by atomic mass is 35.5. The van der Waals surface area contributed by atoms with Crippen molar-refractivity contribution in [2.75, 3.05) is 13.7 Å². The van der Waals surface area contributed by atoms with Gasteiger partial charge in [-0.1, -0.05) is 24.3 Å². The Balaban J connectivity index is 0.00000231. The number of aromatic nitrogens is 2. The van der Waals surface area contributed by atoms with Gasteiger partial charge in [-0.2, -0.15) is 0 Å². The van der Waals surface area contributed by atoms with Crippen LogP contribution in [0.2, 0.25) is 0 Å². The highest BCUT2D eigenvalue weighted by molar-refractivity contribution is 5.85. The van der Waals surface area contributed by atoms with Crippen molar-refractivity contribution < 1.29 is 4.74 Å². The van der Waals surface area contributed by atoms with Gasteiger partial charge >= 0.3 is 5.69 Å². The van der Waals surface area contributed by atoms with Crippen LogP contribution in [0.15, 0.2) is 46.0 Å². The Morgan fingerprint density at radius 2 is 1.97 bits per heavy atom. The van der Waals surface area contributed by atoms with Crippen LogP contribution in [0.25, 0.3) is 10.9 Å². The van der Waals surface area contributed by atoms with Crippen LogP contribution >= 0.6 is 12.4 Å². The topological polar surface area (TPSA) is 76.1 Å². The molecule has 0 spiro atoms. The lowest BCUT2D eigenvalue weighted by Crippen LogP contribution is -2.38. The number of hydrogen-bond donors (Lipinski definition) is 2. The molecule has 6 nitrogen and oxygen atoms in total. The molecule has 2 aliphatic rings. The minimum atomic E-state index is -0.335. The predicted octanol–water partition coefficient (Wildman–Crippen LogP) is 3.14. The molecule has 3 aromatic rings. The third kappa shape index (κ3) is 3.58. The average Bonchev–Trinajstić information content (AvgIpc) is 3.16. The second kappa shape index (κ2) is 8.52. The molecule has 7 heteroatoms. The minimum Gasteiger partial charge on any atom is -0.496 e. The molecular weight excluding hydrogens is 414 g/mol. The van der Waals surface area contributed by atoms with Gasteiger partial charge in [0.25, 0.3) is 5.56 Å². The van der Waals surface area contributed by atoms with E-state index < -0.39 is 0 Å². The van der Waals surface area contributed by atoms with E-state index in [-0.39, 0.29) is 29.7 Å². The number of benzene rings is 2. The van der Waals surface area contributed by atoms with Gasteiger partial charge < -0.3 is 15.0 Å². The van der Waals surface area contributed by atoms with Crippen molar-refractivity contribution in [3.05, 3.63) is 73.9 Å². The first-order chi connectivity index (χ1) is 14.6. The first-order valence-electron chi connectivity index (χ1n) is 10.7. The van der Waals surface area contributed by atoms with Gasteiger partial charge in [0.15, 0.2) is 0 Å². The molecule has 1 unspecified atom stereocenters. The Kier molecular flexibility index (Phi) is 5.95. The predicted molar refractivity (Wildman–Crippen MR) is 125 cm³/mol. The zero-order valence-corrected chi connectivity index (χ0v) is 18.6. The smallest absolute Gasteiger partial charge is 0.328 e. The molecule has 0 amide bonds. The first kappa shape index (κ1) is 21.7. The van der Waals surface area contributed by atoms with E-state index in [0.29, 0.717) is 29.3 Å². The van der Waals surface area contributed by atoms with Crippen molar-refractivity contribution in [1.29, 1.82) is 0 Å². The maximum absolute atomic E-state index is 13.0. The van der Waals surface area contributed by atoms with Crippen molar-refractivity contribution in [2.45, 2.75) is 44.7 Å². The molecule has 1 fully saturated rings. The lowest BCUT2D eigenvalue weighted by atomic mass is 9.73. The van der Waals surface area contributed by atoms with Gasteiger partial charge in [0.05, 0.1) is 18.0 Å². The molecule has 1 saturated heterocycles. The molecule has 164 valence electrons. The van der Waals surface area contributed by atoms with Gasteiger partial charge in [0.1, 0.15) is 5.75 Å². The summed E-state index contributed by atoms with van der Waals surface area (Å²) in [5, 5.41) is 4.27. The summed E-state index contributed by atoms with van der Waals surface area (Å²) >= 11 is 0. The Bertz CT molecular complexity index is 1230. The first-order valence-corrected chi connectivity index (χ1v) is 10.7. The van der Waals surface area contributed by atoms with E-state index in [9.17, 15) is 9.59 Å². The normalized spacial score (nSPS) is 21.9. The van der Waals surface area contributed by atoms with E-state index in [1.54, 1.807) is 13.2 Å². The molecule has 0 radical (unpaired) electrons.